The molecule has 0 aromatic rings. The fourth-order valence-corrected chi connectivity index (χ4v) is 3.27. The van der Waals surface area contributed by atoms with Crippen molar-refractivity contribution in [2.45, 2.75) is 63.7 Å². The molecule has 1 N–H and O–H groups in total. The molecule has 3 unspecified atom stereocenters. The molecule has 0 aromatic heterocycles. The molecular formula is C15H29NO3. The first kappa shape index (κ1) is 15.2. The van der Waals surface area contributed by atoms with Gasteiger partial charge >= 0.3 is 0 Å². The first-order chi connectivity index (χ1) is 9.16. The topological polar surface area (TPSA) is 41.9 Å². The summed E-state index contributed by atoms with van der Waals surface area (Å²) in [7, 11) is 0. The third-order valence-electron chi connectivity index (χ3n) is 4.95. The molecule has 4 nitrogen and oxygen atoms in total. The Morgan fingerprint density at radius 1 is 1.32 bits per heavy atom. The molecule has 0 spiro atoms. The zero-order valence-corrected chi connectivity index (χ0v) is 12.4. The predicted molar refractivity (Wildman–Crippen MR) is 75.3 cm³/mol. The molecular weight excluding hydrogens is 242 g/mol. The van der Waals surface area contributed by atoms with Crippen LogP contribution in [0.5, 0.6) is 0 Å². The summed E-state index contributed by atoms with van der Waals surface area (Å²) in [6.07, 6.45) is 5.23. The van der Waals surface area contributed by atoms with Crippen molar-refractivity contribution in [3.63, 3.8) is 0 Å². The van der Waals surface area contributed by atoms with Crippen molar-refractivity contribution in [2.75, 3.05) is 32.9 Å². The molecule has 0 saturated carbocycles. The summed E-state index contributed by atoms with van der Waals surface area (Å²) in [5.74, 6) is 0. The fourth-order valence-electron chi connectivity index (χ4n) is 3.27. The second kappa shape index (κ2) is 7.02. The van der Waals surface area contributed by atoms with Crippen LogP contribution in [0.4, 0.5) is 0 Å². The van der Waals surface area contributed by atoms with Gasteiger partial charge in [0.1, 0.15) is 0 Å². The molecule has 0 radical (unpaired) electrons. The van der Waals surface area contributed by atoms with Crippen molar-refractivity contribution >= 4 is 0 Å². The minimum Gasteiger partial charge on any atom is -0.391 e. The highest BCUT2D eigenvalue weighted by Crippen LogP contribution is 2.29. The van der Waals surface area contributed by atoms with Crippen LogP contribution in [0.2, 0.25) is 0 Å². The summed E-state index contributed by atoms with van der Waals surface area (Å²) < 4.78 is 11.1. The summed E-state index contributed by atoms with van der Waals surface area (Å²) in [5.41, 5.74) is -0.123. The fraction of sp³-hybridized carbons (Fsp3) is 1.00. The van der Waals surface area contributed by atoms with Gasteiger partial charge in [0.25, 0.3) is 0 Å². The van der Waals surface area contributed by atoms with Gasteiger partial charge < -0.3 is 14.6 Å². The van der Waals surface area contributed by atoms with E-state index in [9.17, 15) is 5.11 Å². The average Bonchev–Trinajstić information content (AvgIpc) is 2.98. The third-order valence-corrected chi connectivity index (χ3v) is 4.95. The Morgan fingerprint density at radius 3 is 2.63 bits per heavy atom. The van der Waals surface area contributed by atoms with Gasteiger partial charge in [0.15, 0.2) is 0 Å². The van der Waals surface area contributed by atoms with Gasteiger partial charge in [0.2, 0.25) is 0 Å². The summed E-state index contributed by atoms with van der Waals surface area (Å²) in [4.78, 5) is 2.40. The number of nitrogens with zero attached hydrogens (tertiary/aromatic N) is 1. The Hall–Kier alpha value is -0.160. The predicted octanol–water partition coefficient (Wildman–Crippen LogP) is 1.81. The van der Waals surface area contributed by atoms with Crippen molar-refractivity contribution in [1.82, 2.24) is 4.90 Å². The number of rotatable bonds is 6. The molecule has 0 aliphatic carbocycles. The van der Waals surface area contributed by atoms with Crippen LogP contribution in [-0.4, -0.2) is 60.7 Å². The number of ether oxygens (including phenoxy) is 2. The third kappa shape index (κ3) is 3.69. The lowest BCUT2D eigenvalue weighted by Crippen LogP contribution is -2.57. The normalized spacial score (nSPS) is 30.2. The van der Waals surface area contributed by atoms with Gasteiger partial charge in [-0.15, -0.1) is 0 Å². The highest BCUT2D eigenvalue weighted by molar-refractivity contribution is 4.93. The highest BCUT2D eigenvalue weighted by atomic mass is 16.5. The zero-order chi connectivity index (χ0) is 13.7. The Kier molecular flexibility index (Phi) is 5.63. The van der Waals surface area contributed by atoms with Gasteiger partial charge in [0.05, 0.1) is 25.4 Å². The molecule has 3 atom stereocenters. The highest BCUT2D eigenvalue weighted by Gasteiger charge is 2.38. The van der Waals surface area contributed by atoms with Crippen molar-refractivity contribution < 1.29 is 14.6 Å². The second-order valence-electron chi connectivity index (χ2n) is 6.04. The Balaban J connectivity index is 1.86. The van der Waals surface area contributed by atoms with Crippen molar-refractivity contribution in [1.29, 1.82) is 0 Å². The quantitative estimate of drug-likeness (QED) is 0.800. The van der Waals surface area contributed by atoms with E-state index in [0.717, 1.165) is 58.6 Å². The minimum absolute atomic E-state index is 0.123. The zero-order valence-electron chi connectivity index (χ0n) is 12.4. The number of aliphatic hydroxyl groups excluding tert-OH is 1. The van der Waals surface area contributed by atoms with Crippen molar-refractivity contribution in [2.24, 2.45) is 0 Å². The first-order valence-electron chi connectivity index (χ1n) is 7.79. The molecule has 2 rings (SSSR count). The molecule has 2 heterocycles. The van der Waals surface area contributed by atoms with E-state index in [1.165, 1.54) is 6.42 Å². The summed E-state index contributed by atoms with van der Waals surface area (Å²) in [5, 5.41) is 10.6. The summed E-state index contributed by atoms with van der Waals surface area (Å²) in [6, 6.07) is 0. The molecule has 19 heavy (non-hydrogen) atoms. The van der Waals surface area contributed by atoms with Gasteiger partial charge in [-0.2, -0.15) is 0 Å². The van der Waals surface area contributed by atoms with Gasteiger partial charge in [0, 0.05) is 25.2 Å². The monoisotopic (exact) mass is 271 g/mol. The van der Waals surface area contributed by atoms with Crippen LogP contribution in [0, 0.1) is 0 Å². The van der Waals surface area contributed by atoms with E-state index in [1.54, 1.807) is 0 Å². The van der Waals surface area contributed by atoms with E-state index >= 15 is 0 Å². The smallest absolute Gasteiger partial charge is 0.0722 e. The van der Waals surface area contributed by atoms with E-state index in [1.807, 2.05) is 0 Å². The van der Waals surface area contributed by atoms with Crippen LogP contribution in [0.3, 0.4) is 0 Å². The number of hydrogen-bond acceptors (Lipinski definition) is 4. The summed E-state index contributed by atoms with van der Waals surface area (Å²) >= 11 is 0. The van der Waals surface area contributed by atoms with Crippen LogP contribution in [0.15, 0.2) is 0 Å². The first-order valence-corrected chi connectivity index (χ1v) is 7.79. The number of aliphatic hydroxyl groups is 1. The SMILES string of the molecule is CCC(C)(C(O)CCC1CCCO1)N1CCOCC1. The van der Waals surface area contributed by atoms with Gasteiger partial charge in [-0.25, -0.2) is 0 Å². The molecule has 4 heteroatoms. The molecule has 0 amide bonds. The van der Waals surface area contributed by atoms with E-state index < -0.39 is 0 Å². The molecule has 0 bridgehead atoms. The summed E-state index contributed by atoms with van der Waals surface area (Å²) in [6.45, 7) is 8.70. The lowest BCUT2D eigenvalue weighted by molar-refractivity contribution is -0.0770. The van der Waals surface area contributed by atoms with E-state index in [2.05, 4.69) is 18.7 Å². The maximum absolute atomic E-state index is 10.6. The van der Waals surface area contributed by atoms with Crippen molar-refractivity contribution in [3.8, 4) is 0 Å². The van der Waals surface area contributed by atoms with Crippen LogP contribution >= 0.6 is 0 Å². The van der Waals surface area contributed by atoms with Gasteiger partial charge in [-0.05, 0) is 39.0 Å². The lowest BCUT2D eigenvalue weighted by Gasteiger charge is -2.46. The molecule has 0 aromatic carbocycles. The van der Waals surface area contributed by atoms with Crippen LogP contribution in [-0.2, 0) is 9.47 Å². The molecule has 2 aliphatic rings. The van der Waals surface area contributed by atoms with E-state index in [4.69, 9.17) is 9.47 Å². The Morgan fingerprint density at radius 2 is 2.05 bits per heavy atom. The van der Waals surface area contributed by atoms with E-state index in [0.29, 0.717) is 6.10 Å². The Bertz CT molecular complexity index is 262. The van der Waals surface area contributed by atoms with Crippen LogP contribution < -0.4 is 0 Å². The molecule has 2 saturated heterocycles. The molecule has 2 aliphatic heterocycles. The second-order valence-corrected chi connectivity index (χ2v) is 6.04. The van der Waals surface area contributed by atoms with Crippen molar-refractivity contribution in [3.05, 3.63) is 0 Å². The largest absolute Gasteiger partial charge is 0.391 e. The van der Waals surface area contributed by atoms with E-state index in [-0.39, 0.29) is 11.6 Å². The lowest BCUT2D eigenvalue weighted by atomic mass is 9.85. The molecule has 2 fully saturated rings. The minimum atomic E-state index is -0.278. The maximum atomic E-state index is 10.6. The van der Waals surface area contributed by atoms with Gasteiger partial charge in [-0.3, -0.25) is 4.90 Å². The number of hydrogen-bond donors (Lipinski definition) is 1. The maximum Gasteiger partial charge on any atom is 0.0722 e. The van der Waals surface area contributed by atoms with Crippen LogP contribution in [0.25, 0.3) is 0 Å². The molecule has 112 valence electrons. The van der Waals surface area contributed by atoms with Gasteiger partial charge in [-0.1, -0.05) is 6.92 Å². The standard InChI is InChI=1S/C15H29NO3/c1-3-15(2,16-8-11-18-12-9-16)14(17)7-6-13-5-4-10-19-13/h13-14,17H,3-12H2,1-2H3. The number of morpholine rings is 1. The van der Waals surface area contributed by atoms with Crippen LogP contribution in [0.1, 0.15) is 46.0 Å². The average molecular weight is 271 g/mol. The Labute approximate surface area is 117 Å².